The quantitative estimate of drug-likeness (QED) is 0.848. The molecule has 2 unspecified atom stereocenters. The molecule has 3 atom stereocenters. The highest BCUT2D eigenvalue weighted by Gasteiger charge is 2.52. The van der Waals surface area contributed by atoms with Gasteiger partial charge in [0, 0.05) is 17.0 Å². The number of ketones is 1. The minimum atomic E-state index is -1.07. The molecule has 7 heteroatoms. The van der Waals surface area contributed by atoms with E-state index in [0.29, 0.717) is 23.4 Å². The molecule has 1 fully saturated rings. The van der Waals surface area contributed by atoms with Crippen molar-refractivity contribution < 1.29 is 19.4 Å². The summed E-state index contributed by atoms with van der Waals surface area (Å²) in [6.45, 7) is 0. The molecular formula is C17H19ClN2O4. The first-order valence-corrected chi connectivity index (χ1v) is 8.35. The Bertz CT molecular complexity index is 706. The molecule has 2 aliphatic rings. The highest BCUT2D eigenvalue weighted by molar-refractivity contribution is 6.32. The van der Waals surface area contributed by atoms with Gasteiger partial charge in [-0.1, -0.05) is 29.8 Å². The summed E-state index contributed by atoms with van der Waals surface area (Å²) >= 11 is 6.32. The Labute approximate surface area is 144 Å². The maximum Gasteiger partial charge on any atom is 0.303 e. The van der Waals surface area contributed by atoms with Gasteiger partial charge in [0.05, 0.1) is 6.04 Å². The van der Waals surface area contributed by atoms with Gasteiger partial charge in [0.25, 0.3) is 0 Å². The van der Waals surface area contributed by atoms with Gasteiger partial charge in [-0.05, 0) is 31.7 Å². The third-order valence-corrected chi connectivity index (χ3v) is 4.90. The number of halogens is 1. The molecule has 0 spiro atoms. The lowest BCUT2D eigenvalue weighted by molar-refractivity contribution is -0.138. The van der Waals surface area contributed by atoms with Crippen LogP contribution in [-0.2, 0) is 19.9 Å². The lowest BCUT2D eigenvalue weighted by Crippen LogP contribution is -2.54. The van der Waals surface area contributed by atoms with Crippen LogP contribution in [0.1, 0.15) is 37.7 Å². The van der Waals surface area contributed by atoms with Crippen LogP contribution < -0.4 is 5.73 Å². The van der Waals surface area contributed by atoms with Gasteiger partial charge < -0.3 is 15.6 Å². The molecule has 3 N–H and O–H groups in total. The van der Waals surface area contributed by atoms with Crippen LogP contribution in [0.25, 0.3) is 0 Å². The SMILES string of the molecule is N[C@@H](CCC(=O)O)C1=NC2(c3ccccc3Cl)CCCC(O1)C2=O. The summed E-state index contributed by atoms with van der Waals surface area (Å²) in [6.07, 6.45) is 1.47. The fraction of sp³-hybridized carbons (Fsp3) is 0.471. The van der Waals surface area contributed by atoms with Crippen molar-refractivity contribution in [2.24, 2.45) is 10.7 Å². The maximum absolute atomic E-state index is 12.9. The first-order valence-electron chi connectivity index (χ1n) is 7.97. The Kier molecular flexibility index (Phi) is 4.60. The number of nitrogens with two attached hydrogens (primary N) is 1. The molecular weight excluding hydrogens is 332 g/mol. The number of hydrogen-bond acceptors (Lipinski definition) is 5. The van der Waals surface area contributed by atoms with Gasteiger partial charge in [-0.2, -0.15) is 0 Å². The van der Waals surface area contributed by atoms with Crippen molar-refractivity contribution in [1.82, 2.24) is 0 Å². The van der Waals surface area contributed by atoms with Crippen LogP contribution in [0.3, 0.4) is 0 Å². The van der Waals surface area contributed by atoms with Gasteiger partial charge in [-0.15, -0.1) is 0 Å². The first-order chi connectivity index (χ1) is 11.4. The molecule has 1 aromatic rings. The molecule has 128 valence electrons. The predicted molar refractivity (Wildman–Crippen MR) is 89.1 cm³/mol. The summed E-state index contributed by atoms with van der Waals surface area (Å²) < 4.78 is 5.69. The molecule has 0 saturated heterocycles. The number of aliphatic imine (C=N–C) groups is 1. The molecule has 0 aromatic heterocycles. The van der Waals surface area contributed by atoms with E-state index in [4.69, 9.17) is 27.2 Å². The van der Waals surface area contributed by atoms with Gasteiger partial charge >= 0.3 is 5.97 Å². The number of carbonyl (C=O) groups is 2. The zero-order valence-corrected chi connectivity index (χ0v) is 13.8. The molecule has 0 amide bonds. The lowest BCUT2D eigenvalue weighted by atomic mass is 9.73. The van der Waals surface area contributed by atoms with E-state index >= 15 is 0 Å². The predicted octanol–water partition coefficient (Wildman–Crippen LogP) is 2.28. The standard InChI is InChI=1S/C17H19ClN2O4/c18-11-5-2-1-4-10(11)17-9-3-6-13(15(17)23)24-16(20-17)12(19)7-8-14(21)22/h1-2,4-5,12-13H,3,6-9,19H2,(H,21,22)/t12-,13?,17?/m0/s1. The van der Waals surface area contributed by atoms with E-state index in [1.165, 1.54) is 0 Å². The lowest BCUT2D eigenvalue weighted by Gasteiger charge is -2.42. The van der Waals surface area contributed by atoms with E-state index in [2.05, 4.69) is 4.99 Å². The number of carboxylic acids is 1. The Balaban J connectivity index is 2.01. The van der Waals surface area contributed by atoms with E-state index in [1.54, 1.807) is 18.2 Å². The second-order valence-corrected chi connectivity index (χ2v) is 6.60. The van der Waals surface area contributed by atoms with Crippen molar-refractivity contribution >= 4 is 29.3 Å². The molecule has 1 aliphatic carbocycles. The minimum absolute atomic E-state index is 0.0821. The van der Waals surface area contributed by atoms with Gasteiger partial charge in [-0.3, -0.25) is 9.59 Å². The number of ether oxygens (including phenoxy) is 1. The fourth-order valence-electron chi connectivity index (χ4n) is 3.34. The number of fused-ring (bicyclic) bond motifs is 2. The average molecular weight is 351 g/mol. The number of aliphatic carboxylic acids is 1. The maximum atomic E-state index is 12.9. The largest absolute Gasteiger partial charge is 0.481 e. The van der Waals surface area contributed by atoms with Gasteiger partial charge in [0.15, 0.2) is 11.6 Å². The Hall–Kier alpha value is -1.92. The number of benzene rings is 1. The zero-order valence-electron chi connectivity index (χ0n) is 13.1. The molecule has 24 heavy (non-hydrogen) atoms. The van der Waals surface area contributed by atoms with Crippen LogP contribution in [0.15, 0.2) is 29.3 Å². The second kappa shape index (κ2) is 6.53. The molecule has 6 nitrogen and oxygen atoms in total. The molecule has 3 rings (SSSR count). The number of carboxylic acid groups (broad SMARTS) is 1. The smallest absolute Gasteiger partial charge is 0.303 e. The van der Waals surface area contributed by atoms with Crippen LogP contribution in [0.2, 0.25) is 5.02 Å². The van der Waals surface area contributed by atoms with E-state index in [0.717, 1.165) is 6.42 Å². The van der Waals surface area contributed by atoms with Crippen molar-refractivity contribution in [1.29, 1.82) is 0 Å². The number of Topliss-reactive ketones (excluding diaryl/α,β-unsaturated/α-hetero) is 1. The second-order valence-electron chi connectivity index (χ2n) is 6.19. The van der Waals surface area contributed by atoms with E-state index in [9.17, 15) is 9.59 Å². The molecule has 1 heterocycles. The molecule has 1 aromatic carbocycles. The van der Waals surface area contributed by atoms with Crippen LogP contribution in [0.5, 0.6) is 0 Å². The summed E-state index contributed by atoms with van der Waals surface area (Å²) in [7, 11) is 0. The summed E-state index contributed by atoms with van der Waals surface area (Å²) in [5.74, 6) is -0.782. The van der Waals surface area contributed by atoms with E-state index in [1.807, 2.05) is 6.07 Å². The average Bonchev–Trinajstić information content (AvgIpc) is 2.53. The fourth-order valence-corrected chi connectivity index (χ4v) is 3.64. The monoisotopic (exact) mass is 350 g/mol. The van der Waals surface area contributed by atoms with Crippen LogP contribution in [0, 0.1) is 0 Å². The number of hydrogen-bond donors (Lipinski definition) is 2. The van der Waals surface area contributed by atoms with Crippen LogP contribution >= 0.6 is 11.6 Å². The highest BCUT2D eigenvalue weighted by Crippen LogP contribution is 2.44. The van der Waals surface area contributed by atoms with Gasteiger partial charge in [0.1, 0.15) is 0 Å². The first kappa shape index (κ1) is 16.9. The third-order valence-electron chi connectivity index (χ3n) is 4.57. The number of nitrogens with zero attached hydrogens (tertiary/aromatic N) is 1. The third kappa shape index (κ3) is 2.91. The van der Waals surface area contributed by atoms with Crippen LogP contribution in [-0.4, -0.2) is 34.9 Å². The summed E-state index contributed by atoms with van der Waals surface area (Å²) in [5.41, 5.74) is 5.64. The summed E-state index contributed by atoms with van der Waals surface area (Å²) in [5, 5.41) is 9.30. The summed E-state index contributed by atoms with van der Waals surface area (Å²) in [6, 6.07) is 6.50. The van der Waals surface area contributed by atoms with E-state index in [-0.39, 0.29) is 24.5 Å². The Morgan fingerprint density at radius 2 is 2.25 bits per heavy atom. The van der Waals surface area contributed by atoms with Crippen LogP contribution in [0.4, 0.5) is 0 Å². The molecule has 1 aliphatic heterocycles. The zero-order chi connectivity index (χ0) is 17.3. The Morgan fingerprint density at radius 3 is 2.96 bits per heavy atom. The normalized spacial score (nSPS) is 27.2. The summed E-state index contributed by atoms with van der Waals surface area (Å²) in [4.78, 5) is 28.2. The van der Waals surface area contributed by atoms with Crippen molar-refractivity contribution in [3.63, 3.8) is 0 Å². The van der Waals surface area contributed by atoms with Crippen molar-refractivity contribution in [2.45, 2.75) is 49.8 Å². The molecule has 0 radical (unpaired) electrons. The van der Waals surface area contributed by atoms with Gasteiger partial charge in [0.2, 0.25) is 11.7 Å². The van der Waals surface area contributed by atoms with Crippen molar-refractivity contribution in [2.75, 3.05) is 0 Å². The molecule has 2 bridgehead atoms. The Morgan fingerprint density at radius 1 is 1.50 bits per heavy atom. The van der Waals surface area contributed by atoms with E-state index < -0.39 is 23.7 Å². The highest BCUT2D eigenvalue weighted by atomic mass is 35.5. The number of rotatable bonds is 5. The van der Waals surface area contributed by atoms with Gasteiger partial charge in [-0.25, -0.2) is 4.99 Å². The van der Waals surface area contributed by atoms with Crippen molar-refractivity contribution in [3.05, 3.63) is 34.9 Å². The minimum Gasteiger partial charge on any atom is -0.481 e. The number of carbonyl (C=O) groups excluding carboxylic acids is 1. The molecule has 1 saturated carbocycles. The topological polar surface area (TPSA) is 102 Å². The van der Waals surface area contributed by atoms with Crippen molar-refractivity contribution in [3.8, 4) is 0 Å².